The first-order chi connectivity index (χ1) is 32.5. The number of carbonyl (C=O) groups is 4. The molecule has 4 N–H and O–H groups in total. The lowest BCUT2D eigenvalue weighted by Crippen LogP contribution is -2.65. The van der Waals surface area contributed by atoms with Gasteiger partial charge in [-0.2, -0.15) is 4.73 Å². The van der Waals surface area contributed by atoms with E-state index in [1.807, 2.05) is 69.8 Å². The van der Waals surface area contributed by atoms with Gasteiger partial charge in [0.2, 0.25) is 17.7 Å². The zero-order valence-corrected chi connectivity index (χ0v) is 40.6. The Kier molecular flexibility index (Phi) is 18.0. The number of ether oxygens (including phenoxy) is 2. The molecule has 1 saturated heterocycles. The number of halogens is 2. The minimum absolute atomic E-state index is 0.0240. The number of carboxylic acid groups (broad SMARTS) is 1. The predicted molar refractivity (Wildman–Crippen MR) is 259 cm³/mol. The Morgan fingerprint density at radius 2 is 1.74 bits per heavy atom. The van der Waals surface area contributed by atoms with Crippen molar-refractivity contribution in [3.05, 3.63) is 135 Å². The highest BCUT2D eigenvalue weighted by atomic mass is 35.5. The maximum absolute atomic E-state index is 14.4. The number of piperidine rings is 1. The van der Waals surface area contributed by atoms with Gasteiger partial charge in [0, 0.05) is 85.9 Å². The van der Waals surface area contributed by atoms with Gasteiger partial charge in [-0.3, -0.25) is 19.2 Å². The molecule has 6 rings (SSSR count). The van der Waals surface area contributed by atoms with Crippen LogP contribution in [0.4, 0.5) is 0 Å². The lowest BCUT2D eigenvalue weighted by molar-refractivity contribution is -0.614. The number of carboxylic acids is 1. The molecule has 1 aliphatic heterocycles. The maximum Gasteiger partial charge on any atom is 0.303 e. The van der Waals surface area contributed by atoms with Gasteiger partial charge < -0.3 is 50.1 Å². The molecule has 3 amide bonds. The Morgan fingerprint density at radius 1 is 1.00 bits per heavy atom. The number of likely N-dealkylation sites (tertiary alicyclic amines) is 1. The van der Waals surface area contributed by atoms with Crippen LogP contribution in [0.3, 0.4) is 0 Å². The van der Waals surface area contributed by atoms with E-state index in [1.54, 1.807) is 54.3 Å². The smallest absolute Gasteiger partial charge is 0.303 e. The van der Waals surface area contributed by atoms with Crippen LogP contribution in [0.1, 0.15) is 55.3 Å². The average Bonchev–Trinajstić information content (AvgIpc) is 3.66. The molecule has 18 heteroatoms. The van der Waals surface area contributed by atoms with Crippen LogP contribution >= 0.6 is 23.2 Å². The van der Waals surface area contributed by atoms with Gasteiger partial charge in [0.05, 0.1) is 36.6 Å². The van der Waals surface area contributed by atoms with Gasteiger partial charge in [-0.25, -0.2) is 4.98 Å². The van der Waals surface area contributed by atoms with Crippen molar-refractivity contribution in [2.45, 2.75) is 76.2 Å². The fraction of sp³-hybridized carbons (Fsp3) is 0.400. The molecule has 0 radical (unpaired) electrons. The average molecular weight is 972 g/mol. The number of hydrogen-bond donors (Lipinski definition) is 4. The van der Waals surface area contributed by atoms with Crippen molar-refractivity contribution in [2.24, 2.45) is 13.0 Å². The third-order valence-electron chi connectivity index (χ3n) is 12.1. The third kappa shape index (κ3) is 14.0. The highest BCUT2D eigenvalue weighted by Crippen LogP contribution is 2.32. The predicted octanol–water partition coefficient (Wildman–Crippen LogP) is 5.93. The summed E-state index contributed by atoms with van der Waals surface area (Å²) < 4.78 is 14.5. The largest absolute Gasteiger partial charge is 0.619 e. The monoisotopic (exact) mass is 970 g/mol. The topological polar surface area (TPSA) is 194 Å². The van der Waals surface area contributed by atoms with Crippen LogP contribution in [0.25, 0.3) is 11.3 Å². The highest BCUT2D eigenvalue weighted by Gasteiger charge is 2.42. The van der Waals surface area contributed by atoms with E-state index in [0.717, 1.165) is 28.2 Å². The van der Waals surface area contributed by atoms with Crippen LogP contribution in [-0.4, -0.2) is 107 Å². The van der Waals surface area contributed by atoms with E-state index in [4.69, 9.17) is 32.7 Å². The number of carbonyl (C=O) groups excluding carboxylic acids is 3. The fourth-order valence-corrected chi connectivity index (χ4v) is 8.72. The molecule has 5 aromatic rings. The van der Waals surface area contributed by atoms with Crippen LogP contribution < -0.4 is 25.4 Å². The second kappa shape index (κ2) is 23.8. The van der Waals surface area contributed by atoms with E-state index in [-0.39, 0.29) is 44.9 Å². The first kappa shape index (κ1) is 51.4. The second-order valence-electron chi connectivity index (χ2n) is 17.6. The number of aromatic nitrogens is 3. The maximum atomic E-state index is 14.4. The molecule has 2 aromatic heterocycles. The standard InChI is InChI=1S/C50H60Cl2N8O8/c1-33(53-28-37-12-18-39(52)26-44(37)68-41-19-13-35(14-20-41)43-29-54-45(58(43)4)30-57(2)3)47(63)55-42(31-67-5)48(64)56-50(27-34-10-16-38(51)17-11-34)22-8-23-59(32-50)49(65)36(15-21-46(61)62)25-40-9-6-7-24-60(40)66/h6-7,9-14,16-20,24,26,29,33,36,42,53H,8,15,21-23,25,27-28,30-32H2,1-5H3,(H,55,63)(H,56,64)(H,61,62)/t33?,36?,42?,50-/m1/s1. The molecule has 3 heterocycles. The van der Waals surface area contributed by atoms with Gasteiger partial charge in [-0.15, -0.1) is 0 Å². The lowest BCUT2D eigenvalue weighted by atomic mass is 9.82. The minimum Gasteiger partial charge on any atom is -0.619 e. The number of methoxy groups -OCH3 is 1. The quantitative estimate of drug-likeness (QED) is 0.0474. The van der Waals surface area contributed by atoms with Gasteiger partial charge in [-0.1, -0.05) is 47.5 Å². The number of benzene rings is 3. The lowest BCUT2D eigenvalue weighted by Gasteiger charge is -2.45. The molecule has 4 atom stereocenters. The van der Waals surface area contributed by atoms with Crippen LogP contribution in [0.2, 0.25) is 10.0 Å². The number of rotatable bonds is 22. The highest BCUT2D eigenvalue weighted by molar-refractivity contribution is 6.31. The van der Waals surface area contributed by atoms with E-state index in [2.05, 4.69) is 30.4 Å². The van der Waals surface area contributed by atoms with E-state index in [1.165, 1.54) is 13.3 Å². The van der Waals surface area contributed by atoms with Crippen LogP contribution in [-0.2, 0) is 56.9 Å². The molecule has 0 saturated carbocycles. The summed E-state index contributed by atoms with van der Waals surface area (Å²) in [6, 6.07) is 23.2. The van der Waals surface area contributed by atoms with E-state index in [9.17, 15) is 29.5 Å². The first-order valence-corrected chi connectivity index (χ1v) is 23.3. The van der Waals surface area contributed by atoms with Gasteiger partial charge in [0.15, 0.2) is 11.9 Å². The van der Waals surface area contributed by atoms with Crippen molar-refractivity contribution in [3.63, 3.8) is 0 Å². The normalized spacial score (nSPS) is 16.2. The number of pyridine rings is 1. The number of imidazole rings is 1. The van der Waals surface area contributed by atoms with E-state index in [0.29, 0.717) is 64.3 Å². The molecular formula is C50H60Cl2N8O8. The number of nitrogens with one attached hydrogen (secondary N) is 3. The van der Waals surface area contributed by atoms with Crippen molar-refractivity contribution in [1.29, 1.82) is 0 Å². The molecule has 3 unspecified atom stereocenters. The number of nitrogens with zero attached hydrogens (tertiary/aromatic N) is 5. The molecule has 0 spiro atoms. The van der Waals surface area contributed by atoms with Gasteiger partial charge in [0.1, 0.15) is 23.4 Å². The van der Waals surface area contributed by atoms with Crippen molar-refractivity contribution >= 4 is 46.9 Å². The summed E-state index contributed by atoms with van der Waals surface area (Å²) >= 11 is 12.6. The molecule has 16 nitrogen and oxygen atoms in total. The zero-order valence-electron chi connectivity index (χ0n) is 39.0. The molecule has 362 valence electrons. The molecule has 0 bridgehead atoms. The third-order valence-corrected chi connectivity index (χ3v) is 12.5. The van der Waals surface area contributed by atoms with Gasteiger partial charge >= 0.3 is 5.97 Å². The first-order valence-electron chi connectivity index (χ1n) is 22.5. The van der Waals surface area contributed by atoms with Crippen LogP contribution in [0.15, 0.2) is 97.3 Å². The number of aliphatic carboxylic acids is 1. The SMILES string of the molecule is COCC(NC(=O)C(C)NCc1ccc(Cl)cc1Oc1ccc(-c2cnc(CN(C)C)n2C)cc1)C(=O)N[C@@]1(Cc2ccc(Cl)cc2)CCCN(C(=O)C(CCC(=O)O)Cc2cccc[n+]2[O-])C1. The van der Waals surface area contributed by atoms with Crippen molar-refractivity contribution in [3.8, 4) is 22.8 Å². The Labute approximate surface area is 407 Å². The van der Waals surface area contributed by atoms with E-state index < -0.39 is 41.3 Å². The summed E-state index contributed by atoms with van der Waals surface area (Å²) in [4.78, 5) is 62.5. The fourth-order valence-electron chi connectivity index (χ4n) is 8.43. The zero-order chi connectivity index (χ0) is 49.0. The summed E-state index contributed by atoms with van der Waals surface area (Å²) in [6.45, 7) is 2.95. The van der Waals surface area contributed by atoms with Crippen LogP contribution in [0, 0.1) is 11.1 Å². The molecule has 0 aliphatic carbocycles. The number of hydrogen-bond acceptors (Lipinski definition) is 10. The Morgan fingerprint density at radius 3 is 2.43 bits per heavy atom. The van der Waals surface area contributed by atoms with E-state index >= 15 is 0 Å². The summed E-state index contributed by atoms with van der Waals surface area (Å²) in [5.74, 6) is -1.08. The number of amides is 3. The Balaban J connectivity index is 1.13. The Bertz CT molecular complexity index is 2520. The Hall–Kier alpha value is -6.04. The molecule has 1 aliphatic rings. The van der Waals surface area contributed by atoms with Crippen molar-refractivity contribution < 1.29 is 38.5 Å². The van der Waals surface area contributed by atoms with Crippen LogP contribution in [0.5, 0.6) is 11.5 Å². The summed E-state index contributed by atoms with van der Waals surface area (Å²) in [6.07, 6.45) is 4.34. The summed E-state index contributed by atoms with van der Waals surface area (Å²) in [5.41, 5.74) is 2.90. The van der Waals surface area contributed by atoms with Crippen molar-refractivity contribution in [2.75, 3.05) is 40.9 Å². The minimum atomic E-state index is -1.11. The second-order valence-corrected chi connectivity index (χ2v) is 18.5. The summed E-state index contributed by atoms with van der Waals surface area (Å²) in [5, 5.41) is 32.5. The molecule has 1 fully saturated rings. The van der Waals surface area contributed by atoms with Gasteiger partial charge in [-0.05, 0) is 101 Å². The molecular weight excluding hydrogens is 912 g/mol. The van der Waals surface area contributed by atoms with Crippen molar-refractivity contribution in [1.82, 2.24) is 35.3 Å². The molecule has 3 aromatic carbocycles. The summed E-state index contributed by atoms with van der Waals surface area (Å²) in [7, 11) is 7.43. The van der Waals surface area contributed by atoms with Gasteiger partial charge in [0.25, 0.3) is 0 Å². The molecule has 68 heavy (non-hydrogen) atoms.